The minimum atomic E-state index is 0. The van der Waals surface area contributed by atoms with Gasteiger partial charge in [-0.1, -0.05) is 47.6 Å². The zero-order valence-corrected chi connectivity index (χ0v) is 19.3. The van der Waals surface area contributed by atoms with E-state index in [-0.39, 0.29) is 12.4 Å². The monoisotopic (exact) mass is 469 g/mol. The zero-order valence-electron chi connectivity index (χ0n) is 16.9. The van der Waals surface area contributed by atoms with Crippen LogP contribution >= 0.6 is 35.8 Å². The standard InChI is InChI=1S/C20H24ClN5O2S.ClH/c1-3-27-19-12-15(13-22-10-11-29-20-23-24-25-26(20)2)8-9-18(19)28-14-16-6-4-5-7-17(16)21;/h4-9,12,22H,3,10-11,13-14H2,1-2H3;1H. The smallest absolute Gasteiger partial charge is 0.209 e. The second-order valence-electron chi connectivity index (χ2n) is 6.20. The molecule has 1 N–H and O–H groups in total. The molecule has 30 heavy (non-hydrogen) atoms. The van der Waals surface area contributed by atoms with Gasteiger partial charge in [-0.2, -0.15) is 0 Å². The second kappa shape index (κ2) is 12.6. The highest BCUT2D eigenvalue weighted by atomic mass is 35.5. The maximum atomic E-state index is 6.21. The molecule has 162 valence electrons. The quantitative estimate of drug-likeness (QED) is 0.334. The van der Waals surface area contributed by atoms with Crippen LogP contribution in [0.4, 0.5) is 0 Å². The van der Waals surface area contributed by atoms with Gasteiger partial charge in [-0.15, -0.1) is 17.5 Å². The summed E-state index contributed by atoms with van der Waals surface area (Å²) >= 11 is 7.82. The van der Waals surface area contributed by atoms with Crippen molar-refractivity contribution in [3.05, 3.63) is 58.6 Å². The Kier molecular flexibility index (Phi) is 10.2. The van der Waals surface area contributed by atoms with Crippen molar-refractivity contribution in [3.8, 4) is 11.5 Å². The average Bonchev–Trinajstić information content (AvgIpc) is 3.13. The van der Waals surface area contributed by atoms with E-state index in [1.165, 1.54) is 0 Å². The molecule has 0 saturated carbocycles. The van der Waals surface area contributed by atoms with Gasteiger partial charge in [0.1, 0.15) is 6.61 Å². The number of benzene rings is 2. The highest BCUT2D eigenvalue weighted by Crippen LogP contribution is 2.30. The summed E-state index contributed by atoms with van der Waals surface area (Å²) in [5.41, 5.74) is 2.07. The van der Waals surface area contributed by atoms with E-state index < -0.39 is 0 Å². The van der Waals surface area contributed by atoms with Crippen LogP contribution in [0.1, 0.15) is 18.1 Å². The Morgan fingerprint density at radius 3 is 2.70 bits per heavy atom. The van der Waals surface area contributed by atoms with Gasteiger partial charge >= 0.3 is 0 Å². The number of rotatable bonds is 11. The molecular weight excluding hydrogens is 445 g/mol. The number of halogens is 2. The van der Waals surface area contributed by atoms with E-state index in [4.69, 9.17) is 21.1 Å². The van der Waals surface area contributed by atoms with Crippen molar-refractivity contribution in [3.63, 3.8) is 0 Å². The molecule has 1 heterocycles. The molecule has 0 aliphatic carbocycles. The molecule has 0 spiro atoms. The van der Waals surface area contributed by atoms with Crippen LogP contribution in [0.5, 0.6) is 11.5 Å². The van der Waals surface area contributed by atoms with E-state index in [2.05, 4.69) is 20.8 Å². The number of tetrazole rings is 1. The van der Waals surface area contributed by atoms with Crippen LogP contribution in [0.3, 0.4) is 0 Å². The molecule has 0 radical (unpaired) electrons. The number of nitrogens with one attached hydrogen (secondary N) is 1. The SMILES string of the molecule is CCOc1cc(CNCCSc2nnnn2C)ccc1OCc1ccccc1Cl.Cl. The lowest BCUT2D eigenvalue weighted by molar-refractivity contribution is 0.269. The summed E-state index contributed by atoms with van der Waals surface area (Å²) < 4.78 is 13.4. The van der Waals surface area contributed by atoms with Crippen molar-refractivity contribution in [2.24, 2.45) is 7.05 Å². The van der Waals surface area contributed by atoms with Crippen molar-refractivity contribution < 1.29 is 9.47 Å². The molecule has 0 atom stereocenters. The summed E-state index contributed by atoms with van der Waals surface area (Å²) in [5, 5.41) is 16.3. The first-order chi connectivity index (χ1) is 14.2. The van der Waals surface area contributed by atoms with Crippen LogP contribution in [0, 0.1) is 0 Å². The van der Waals surface area contributed by atoms with Gasteiger partial charge in [0.15, 0.2) is 11.5 Å². The molecule has 1 aromatic heterocycles. The molecule has 0 aliphatic rings. The zero-order chi connectivity index (χ0) is 20.5. The molecule has 0 fully saturated rings. The Bertz CT molecular complexity index is 926. The van der Waals surface area contributed by atoms with Crippen molar-refractivity contribution in [1.82, 2.24) is 25.5 Å². The van der Waals surface area contributed by atoms with E-state index in [1.54, 1.807) is 16.4 Å². The predicted molar refractivity (Wildman–Crippen MR) is 122 cm³/mol. The van der Waals surface area contributed by atoms with Crippen molar-refractivity contribution in [2.45, 2.75) is 25.2 Å². The molecule has 7 nitrogen and oxygen atoms in total. The number of hydrogen-bond donors (Lipinski definition) is 1. The van der Waals surface area contributed by atoms with Gasteiger partial charge in [0.25, 0.3) is 0 Å². The molecule has 0 bridgehead atoms. The highest BCUT2D eigenvalue weighted by Gasteiger charge is 2.09. The van der Waals surface area contributed by atoms with E-state index in [0.717, 1.165) is 40.9 Å². The third-order valence-electron chi connectivity index (χ3n) is 4.07. The number of hydrogen-bond acceptors (Lipinski definition) is 7. The Morgan fingerprint density at radius 2 is 1.97 bits per heavy atom. The normalized spacial score (nSPS) is 10.5. The third kappa shape index (κ3) is 7.05. The second-order valence-corrected chi connectivity index (χ2v) is 7.67. The first-order valence-electron chi connectivity index (χ1n) is 9.35. The molecule has 0 amide bonds. The lowest BCUT2D eigenvalue weighted by atomic mass is 10.2. The molecular formula is C20H25Cl2N5O2S. The van der Waals surface area contributed by atoms with Gasteiger partial charge in [-0.05, 0) is 41.1 Å². The van der Waals surface area contributed by atoms with Crippen LogP contribution in [-0.4, -0.2) is 39.1 Å². The number of ether oxygens (including phenoxy) is 2. The highest BCUT2D eigenvalue weighted by molar-refractivity contribution is 7.99. The molecule has 3 rings (SSSR count). The number of thioether (sulfide) groups is 1. The van der Waals surface area contributed by atoms with Crippen molar-refractivity contribution >= 4 is 35.8 Å². The number of nitrogens with zero attached hydrogens (tertiary/aromatic N) is 4. The molecule has 3 aromatic rings. The van der Waals surface area contributed by atoms with Crippen LogP contribution < -0.4 is 14.8 Å². The first kappa shape index (κ1) is 24.3. The molecule has 10 heteroatoms. The van der Waals surface area contributed by atoms with Crippen LogP contribution in [0.25, 0.3) is 0 Å². The Morgan fingerprint density at radius 1 is 1.13 bits per heavy atom. The van der Waals surface area contributed by atoms with Gasteiger partial charge in [0, 0.05) is 36.5 Å². The van der Waals surface area contributed by atoms with E-state index >= 15 is 0 Å². The van der Waals surface area contributed by atoms with Gasteiger partial charge in [0.05, 0.1) is 6.61 Å². The molecule has 2 aromatic carbocycles. The summed E-state index contributed by atoms with van der Waals surface area (Å²) in [5.74, 6) is 2.32. The van der Waals surface area contributed by atoms with Crippen LogP contribution in [0.2, 0.25) is 5.02 Å². The molecule has 0 unspecified atom stereocenters. The van der Waals surface area contributed by atoms with E-state index in [9.17, 15) is 0 Å². The summed E-state index contributed by atoms with van der Waals surface area (Å²) in [6, 6.07) is 13.7. The molecule has 0 saturated heterocycles. The lowest BCUT2D eigenvalue weighted by Gasteiger charge is -2.14. The minimum absolute atomic E-state index is 0. The Labute approximate surface area is 191 Å². The van der Waals surface area contributed by atoms with Crippen molar-refractivity contribution in [2.75, 3.05) is 18.9 Å². The van der Waals surface area contributed by atoms with Gasteiger partial charge < -0.3 is 14.8 Å². The molecule has 0 aliphatic heterocycles. The fourth-order valence-electron chi connectivity index (χ4n) is 2.61. The predicted octanol–water partition coefficient (Wildman–Crippen LogP) is 4.14. The lowest BCUT2D eigenvalue weighted by Crippen LogP contribution is -2.17. The van der Waals surface area contributed by atoms with Crippen molar-refractivity contribution in [1.29, 1.82) is 0 Å². The summed E-state index contributed by atoms with van der Waals surface area (Å²) in [4.78, 5) is 0. The summed E-state index contributed by atoms with van der Waals surface area (Å²) in [6.07, 6.45) is 0. The maximum absolute atomic E-state index is 6.21. The van der Waals surface area contributed by atoms with Gasteiger partial charge in [-0.3, -0.25) is 0 Å². The summed E-state index contributed by atoms with van der Waals surface area (Å²) in [6.45, 7) is 4.50. The Hall–Kier alpha value is -2.00. The number of aryl methyl sites for hydroxylation is 1. The van der Waals surface area contributed by atoms with Gasteiger partial charge in [-0.25, -0.2) is 4.68 Å². The average molecular weight is 470 g/mol. The minimum Gasteiger partial charge on any atom is -0.490 e. The van der Waals surface area contributed by atoms with Crippen LogP contribution in [-0.2, 0) is 20.2 Å². The first-order valence-corrected chi connectivity index (χ1v) is 10.7. The fourth-order valence-corrected chi connectivity index (χ4v) is 3.55. The fraction of sp³-hybridized carbons (Fsp3) is 0.350. The largest absolute Gasteiger partial charge is 0.490 e. The maximum Gasteiger partial charge on any atom is 0.209 e. The third-order valence-corrected chi connectivity index (χ3v) is 5.45. The van der Waals surface area contributed by atoms with E-state index in [1.807, 2.05) is 56.4 Å². The summed E-state index contributed by atoms with van der Waals surface area (Å²) in [7, 11) is 1.83. The Balaban J connectivity index is 0.00000320. The number of aromatic nitrogens is 4. The van der Waals surface area contributed by atoms with E-state index in [0.29, 0.717) is 24.0 Å². The topological polar surface area (TPSA) is 74.1 Å². The van der Waals surface area contributed by atoms with Gasteiger partial charge in [0.2, 0.25) is 5.16 Å². The van der Waals surface area contributed by atoms with Crippen LogP contribution in [0.15, 0.2) is 47.6 Å².